The molecule has 35 heavy (non-hydrogen) atoms. The van der Waals surface area contributed by atoms with E-state index in [2.05, 4.69) is 33.2 Å². The van der Waals surface area contributed by atoms with Crippen LogP contribution in [0.4, 0.5) is 4.39 Å². The summed E-state index contributed by atoms with van der Waals surface area (Å²) < 4.78 is 16.8. The number of nitrogens with one attached hydrogen (secondary N) is 2. The quantitative estimate of drug-likeness (QED) is 0.465. The molecule has 6 rings (SSSR count). The molecule has 1 unspecified atom stereocenters. The van der Waals surface area contributed by atoms with Crippen molar-refractivity contribution in [3.8, 4) is 0 Å². The third kappa shape index (κ3) is 4.14. The predicted molar refractivity (Wildman–Crippen MR) is 133 cm³/mol. The molecule has 4 aromatic rings. The minimum Gasteiger partial charge on any atom is -0.348 e. The van der Waals surface area contributed by atoms with Gasteiger partial charge in [-0.2, -0.15) is 0 Å². The number of pyridine rings is 1. The van der Waals surface area contributed by atoms with Gasteiger partial charge in [-0.15, -0.1) is 0 Å². The topological polar surface area (TPSA) is 82.5 Å². The summed E-state index contributed by atoms with van der Waals surface area (Å²) in [5.74, 6) is -0.182. The van der Waals surface area contributed by atoms with Gasteiger partial charge in [0.2, 0.25) is 0 Å². The van der Waals surface area contributed by atoms with Gasteiger partial charge >= 0.3 is 0 Å². The van der Waals surface area contributed by atoms with Gasteiger partial charge in [-0.3, -0.25) is 19.5 Å². The lowest BCUT2D eigenvalue weighted by molar-refractivity contribution is 0.0946. The second-order valence-electron chi connectivity index (χ2n) is 9.61. The fourth-order valence-corrected chi connectivity index (χ4v) is 4.94. The van der Waals surface area contributed by atoms with Gasteiger partial charge in [0.05, 0.1) is 11.0 Å². The molecule has 1 aliphatic carbocycles. The maximum Gasteiger partial charge on any atom is 0.272 e. The van der Waals surface area contributed by atoms with Crippen molar-refractivity contribution in [2.24, 2.45) is 5.92 Å². The van der Waals surface area contributed by atoms with Crippen LogP contribution in [-0.2, 0) is 6.54 Å². The van der Waals surface area contributed by atoms with Gasteiger partial charge in [0.25, 0.3) is 11.5 Å². The Bertz CT molecular complexity index is 1530. The number of hydrogen-bond acceptors (Lipinski definition) is 4. The highest BCUT2D eigenvalue weighted by Crippen LogP contribution is 2.29. The number of benzene rings is 1. The number of carbonyl (C=O) groups excluding carboxylic acids is 1. The van der Waals surface area contributed by atoms with Crippen LogP contribution in [0.2, 0.25) is 0 Å². The van der Waals surface area contributed by atoms with Crippen LogP contribution in [0.3, 0.4) is 0 Å². The molecule has 2 aliphatic rings. The Morgan fingerprint density at radius 2 is 2.09 bits per heavy atom. The maximum atomic E-state index is 15.0. The number of hydrogen-bond donors (Lipinski definition) is 2. The SMILES string of the molecule is CC1CN(Cc2cc3[nH]c(=O)c4cccn4c3cc2F)CC=C1c1ccc(C(=O)NC2CC2)nc1. The smallest absolute Gasteiger partial charge is 0.272 e. The van der Waals surface area contributed by atoms with Crippen LogP contribution in [-0.4, -0.2) is 44.3 Å². The number of fused-ring (bicyclic) bond motifs is 3. The first-order valence-electron chi connectivity index (χ1n) is 12.0. The predicted octanol–water partition coefficient (Wildman–Crippen LogP) is 3.74. The van der Waals surface area contributed by atoms with E-state index in [4.69, 9.17) is 0 Å². The summed E-state index contributed by atoms with van der Waals surface area (Å²) in [6.07, 6.45) is 7.78. The zero-order chi connectivity index (χ0) is 24.1. The van der Waals surface area contributed by atoms with E-state index in [0.29, 0.717) is 46.9 Å². The number of carbonyl (C=O) groups is 1. The summed E-state index contributed by atoms with van der Waals surface area (Å²) in [4.78, 5) is 34.0. The monoisotopic (exact) mass is 471 g/mol. The second-order valence-corrected chi connectivity index (χ2v) is 9.61. The number of rotatable bonds is 5. The van der Waals surface area contributed by atoms with E-state index < -0.39 is 0 Å². The molecule has 8 heteroatoms. The van der Waals surface area contributed by atoms with E-state index >= 15 is 4.39 Å². The van der Waals surface area contributed by atoms with Crippen LogP contribution >= 0.6 is 0 Å². The van der Waals surface area contributed by atoms with Gasteiger partial charge in [-0.25, -0.2) is 4.39 Å². The van der Waals surface area contributed by atoms with E-state index in [-0.39, 0.29) is 23.2 Å². The van der Waals surface area contributed by atoms with Crippen molar-refractivity contribution in [1.82, 2.24) is 24.6 Å². The van der Waals surface area contributed by atoms with E-state index in [1.807, 2.05) is 6.07 Å². The molecule has 1 aromatic carbocycles. The van der Waals surface area contributed by atoms with Crippen LogP contribution in [0, 0.1) is 11.7 Å². The molecule has 0 radical (unpaired) electrons. The van der Waals surface area contributed by atoms with Crippen LogP contribution in [0.1, 0.15) is 41.4 Å². The molecule has 0 saturated heterocycles. The number of aromatic amines is 1. The largest absolute Gasteiger partial charge is 0.348 e. The molecule has 2 N–H and O–H groups in total. The minimum absolute atomic E-state index is 0.118. The standard InChI is InChI=1S/C27H26FN5O2/c1-16-14-32(10-8-20(16)17-4-7-22(29-13-17)26(34)30-19-5-6-19)15-18-11-23-25(12-21(18)28)33-9-2-3-24(33)27(35)31-23/h2-4,7-9,11-13,16,19H,5-6,10,14-15H2,1H3,(H,30,34)(H,31,35). The molecule has 1 fully saturated rings. The normalized spacial score (nSPS) is 18.7. The maximum absolute atomic E-state index is 15.0. The number of nitrogens with zero attached hydrogens (tertiary/aromatic N) is 3. The Labute approximate surface area is 201 Å². The highest BCUT2D eigenvalue weighted by atomic mass is 19.1. The average Bonchev–Trinajstić information content (AvgIpc) is 3.51. The van der Waals surface area contributed by atoms with Gasteiger partial charge in [-0.05, 0) is 54.2 Å². The summed E-state index contributed by atoms with van der Waals surface area (Å²) in [7, 11) is 0. The van der Waals surface area contributed by atoms with Gasteiger partial charge in [-0.1, -0.05) is 19.1 Å². The molecule has 1 amide bonds. The Kier molecular flexibility index (Phi) is 5.25. The van der Waals surface area contributed by atoms with Gasteiger partial charge in [0, 0.05) is 49.7 Å². The van der Waals surface area contributed by atoms with E-state index in [1.54, 1.807) is 41.1 Å². The lowest BCUT2D eigenvalue weighted by Crippen LogP contribution is -2.33. The van der Waals surface area contributed by atoms with E-state index in [9.17, 15) is 9.59 Å². The Morgan fingerprint density at radius 3 is 2.83 bits per heavy atom. The summed E-state index contributed by atoms with van der Waals surface area (Å²) >= 11 is 0. The van der Waals surface area contributed by atoms with Crippen molar-refractivity contribution >= 4 is 28.0 Å². The molecular formula is C27H26FN5O2. The van der Waals surface area contributed by atoms with Crippen molar-refractivity contribution in [3.63, 3.8) is 0 Å². The number of aromatic nitrogens is 3. The Morgan fingerprint density at radius 1 is 1.23 bits per heavy atom. The summed E-state index contributed by atoms with van der Waals surface area (Å²) in [6, 6.07) is 10.8. The summed E-state index contributed by atoms with van der Waals surface area (Å²) in [5.41, 5.74) is 4.74. The Balaban J connectivity index is 1.20. The minimum atomic E-state index is -0.286. The molecule has 0 bridgehead atoms. The fraction of sp³-hybridized carbons (Fsp3) is 0.296. The van der Waals surface area contributed by atoms with Crippen LogP contribution in [0.5, 0.6) is 0 Å². The number of H-pyrrole nitrogens is 1. The number of amides is 1. The lowest BCUT2D eigenvalue weighted by Gasteiger charge is -2.31. The molecular weight excluding hydrogens is 445 g/mol. The van der Waals surface area contributed by atoms with Crippen LogP contribution < -0.4 is 10.9 Å². The average molecular weight is 472 g/mol. The highest BCUT2D eigenvalue weighted by molar-refractivity contribution is 5.92. The second kappa shape index (κ2) is 8.46. The first-order chi connectivity index (χ1) is 17.0. The van der Waals surface area contributed by atoms with Gasteiger partial charge in [0.1, 0.15) is 17.0 Å². The molecule has 1 atom stereocenters. The third-order valence-corrected chi connectivity index (χ3v) is 6.92. The summed E-state index contributed by atoms with van der Waals surface area (Å²) in [6.45, 7) is 4.03. The first-order valence-corrected chi connectivity index (χ1v) is 12.0. The molecule has 7 nitrogen and oxygen atoms in total. The Hall–Kier alpha value is -3.78. The molecule has 1 aliphatic heterocycles. The highest BCUT2D eigenvalue weighted by Gasteiger charge is 2.25. The van der Waals surface area contributed by atoms with Crippen molar-refractivity contribution in [3.05, 3.63) is 87.9 Å². The van der Waals surface area contributed by atoms with Crippen LogP contribution in [0.25, 0.3) is 22.1 Å². The van der Waals surface area contributed by atoms with E-state index in [0.717, 1.165) is 24.9 Å². The molecule has 3 aromatic heterocycles. The van der Waals surface area contributed by atoms with E-state index in [1.165, 1.54) is 11.6 Å². The van der Waals surface area contributed by atoms with Crippen molar-refractivity contribution in [2.75, 3.05) is 13.1 Å². The first kappa shape index (κ1) is 21.7. The summed E-state index contributed by atoms with van der Waals surface area (Å²) in [5, 5.41) is 2.96. The van der Waals surface area contributed by atoms with Crippen molar-refractivity contribution < 1.29 is 9.18 Å². The molecule has 1 saturated carbocycles. The fourth-order valence-electron chi connectivity index (χ4n) is 4.94. The molecule has 4 heterocycles. The number of halogens is 1. The molecule has 178 valence electrons. The van der Waals surface area contributed by atoms with Crippen LogP contribution in [0.15, 0.2) is 59.7 Å². The van der Waals surface area contributed by atoms with Crippen molar-refractivity contribution in [1.29, 1.82) is 0 Å². The van der Waals surface area contributed by atoms with Crippen molar-refractivity contribution in [2.45, 2.75) is 32.4 Å². The molecule has 0 spiro atoms. The van der Waals surface area contributed by atoms with Gasteiger partial charge < -0.3 is 14.7 Å². The third-order valence-electron chi connectivity index (χ3n) is 6.92. The zero-order valence-corrected chi connectivity index (χ0v) is 19.4. The zero-order valence-electron chi connectivity index (χ0n) is 19.4. The lowest BCUT2D eigenvalue weighted by atomic mass is 9.91. The van der Waals surface area contributed by atoms with Gasteiger partial charge in [0.15, 0.2) is 0 Å².